The van der Waals surface area contributed by atoms with Gasteiger partial charge in [0, 0.05) is 49.2 Å². The fourth-order valence-electron chi connectivity index (χ4n) is 9.96. The predicted octanol–water partition coefficient (Wildman–Crippen LogP) is 12.5. The van der Waals surface area contributed by atoms with Crippen LogP contribution in [0.5, 0.6) is 0 Å². The number of hydrogen-bond acceptors (Lipinski definition) is 3. The molecule has 1 aromatic heterocycles. The molecule has 0 N–H and O–H groups in total. The number of para-hydroxylation sites is 1. The summed E-state index contributed by atoms with van der Waals surface area (Å²) in [6.07, 6.45) is 0. The Labute approximate surface area is 319 Å². The number of nitrogens with zero attached hydrogens (tertiary/aromatic N) is 2. The second-order valence-corrected chi connectivity index (χ2v) is 16.8. The van der Waals surface area contributed by atoms with E-state index >= 15 is 0 Å². The zero-order valence-electron chi connectivity index (χ0n) is 30.4. The molecule has 0 spiro atoms. The molecule has 0 unspecified atom stereocenters. The van der Waals surface area contributed by atoms with E-state index < -0.39 is 0 Å². The van der Waals surface area contributed by atoms with Gasteiger partial charge in [0.05, 0.1) is 10.4 Å². The molecule has 9 aromatic rings. The van der Waals surface area contributed by atoms with Gasteiger partial charge in [0.15, 0.2) is 0 Å². The average Bonchev–Trinajstić information content (AvgIpc) is 3.59. The number of aryl methyl sites for hydroxylation is 1. The Morgan fingerprint density at radius 3 is 2.17 bits per heavy atom. The second-order valence-electron chi connectivity index (χ2n) is 15.8. The molecule has 54 heavy (non-hydrogen) atoms. The van der Waals surface area contributed by atoms with Crippen LogP contribution >= 0.6 is 11.3 Å². The van der Waals surface area contributed by atoms with Crippen molar-refractivity contribution in [3.05, 3.63) is 174 Å². The summed E-state index contributed by atoms with van der Waals surface area (Å²) in [7, 11) is 0. The monoisotopic (exact) mass is 706 g/mol. The highest BCUT2D eigenvalue weighted by Gasteiger charge is 2.49. The van der Waals surface area contributed by atoms with E-state index in [0.29, 0.717) is 0 Å². The van der Waals surface area contributed by atoms with Crippen LogP contribution in [0.1, 0.15) is 30.5 Å². The van der Waals surface area contributed by atoms with Crippen LogP contribution in [0.4, 0.5) is 28.4 Å². The zero-order chi connectivity index (χ0) is 35.9. The van der Waals surface area contributed by atoms with E-state index in [9.17, 15) is 0 Å². The van der Waals surface area contributed by atoms with Gasteiger partial charge >= 0.3 is 6.85 Å². The summed E-state index contributed by atoms with van der Waals surface area (Å²) in [5.41, 5.74) is 18.0. The van der Waals surface area contributed by atoms with Gasteiger partial charge in [0.1, 0.15) is 0 Å². The first-order valence-corrected chi connectivity index (χ1v) is 19.8. The molecule has 0 atom stereocenters. The van der Waals surface area contributed by atoms with E-state index in [4.69, 9.17) is 0 Å². The van der Waals surface area contributed by atoms with Gasteiger partial charge in [0.2, 0.25) is 0 Å². The van der Waals surface area contributed by atoms with Crippen molar-refractivity contribution in [3.63, 3.8) is 0 Å². The number of anilines is 5. The van der Waals surface area contributed by atoms with Crippen molar-refractivity contribution >= 4 is 88.5 Å². The van der Waals surface area contributed by atoms with Gasteiger partial charge in [-0.2, -0.15) is 0 Å². The third kappa shape index (κ3) is 3.96. The Balaban J connectivity index is 1.22. The smallest absolute Gasteiger partial charge is 0.333 e. The lowest BCUT2D eigenvalue weighted by molar-refractivity contribution is 0.633. The maximum atomic E-state index is 2.70. The highest BCUT2D eigenvalue weighted by molar-refractivity contribution is 7.26. The van der Waals surface area contributed by atoms with Crippen LogP contribution in [0.2, 0.25) is 0 Å². The molecule has 4 heterocycles. The largest absolute Gasteiger partial charge is 0.375 e. The molecule has 0 aliphatic carbocycles. The SMILES string of the molecule is Cc1cc2c3c(c1)N1c4cc5ccccc5cc4C(C)(C)c4cccc(c41)B3N(c1cccc3c1sc1ccccc13)c1cc(-c3ccccc3)ccc1-2. The molecule has 3 aliphatic heterocycles. The third-order valence-corrected chi connectivity index (χ3v) is 13.6. The number of benzene rings is 8. The normalized spacial score (nSPS) is 14.6. The molecule has 0 saturated heterocycles. The molecule has 0 radical (unpaired) electrons. The van der Waals surface area contributed by atoms with Gasteiger partial charge in [-0.25, -0.2) is 0 Å². The van der Waals surface area contributed by atoms with Gasteiger partial charge in [-0.1, -0.05) is 135 Å². The Kier molecular flexibility index (Phi) is 6.04. The highest BCUT2D eigenvalue weighted by Crippen LogP contribution is 2.56. The molecule has 4 heteroatoms. The Morgan fingerprint density at radius 2 is 1.30 bits per heavy atom. The molecule has 254 valence electrons. The predicted molar refractivity (Wildman–Crippen MR) is 233 cm³/mol. The van der Waals surface area contributed by atoms with E-state index in [2.05, 4.69) is 188 Å². The van der Waals surface area contributed by atoms with Crippen LogP contribution < -0.4 is 20.6 Å². The van der Waals surface area contributed by atoms with Crippen LogP contribution in [0, 0.1) is 6.92 Å². The zero-order valence-corrected chi connectivity index (χ0v) is 31.2. The maximum absolute atomic E-state index is 2.70. The average molecular weight is 707 g/mol. The summed E-state index contributed by atoms with van der Waals surface area (Å²) in [5, 5.41) is 5.20. The van der Waals surface area contributed by atoms with Crippen molar-refractivity contribution < 1.29 is 0 Å². The lowest BCUT2D eigenvalue weighted by atomic mass is 9.42. The third-order valence-electron chi connectivity index (χ3n) is 12.4. The molecular formula is C50H35BN2S. The minimum Gasteiger partial charge on any atom is -0.375 e. The van der Waals surface area contributed by atoms with Crippen LogP contribution in [-0.2, 0) is 5.41 Å². The number of hydrogen-bond donors (Lipinski definition) is 0. The molecule has 8 aromatic carbocycles. The van der Waals surface area contributed by atoms with Crippen LogP contribution in [0.25, 0.3) is 53.2 Å². The number of thiophene rings is 1. The van der Waals surface area contributed by atoms with Gasteiger partial charge in [-0.05, 0) is 98.4 Å². The lowest BCUT2D eigenvalue weighted by Gasteiger charge is -2.50. The summed E-state index contributed by atoms with van der Waals surface area (Å²) in [4.78, 5) is 5.33. The number of rotatable bonds is 2. The van der Waals surface area contributed by atoms with Crippen molar-refractivity contribution in [2.75, 3.05) is 9.71 Å². The first kappa shape index (κ1) is 30.4. The molecule has 3 aliphatic rings. The molecular weight excluding hydrogens is 671 g/mol. The van der Waals surface area contributed by atoms with Crippen LogP contribution in [0.15, 0.2) is 158 Å². The summed E-state index contributed by atoms with van der Waals surface area (Å²) < 4.78 is 2.65. The van der Waals surface area contributed by atoms with Gasteiger partial charge in [-0.3, -0.25) is 0 Å². The van der Waals surface area contributed by atoms with E-state index in [1.165, 1.54) is 109 Å². The first-order valence-electron chi connectivity index (χ1n) is 19.0. The Hall–Kier alpha value is -6.10. The fourth-order valence-corrected chi connectivity index (χ4v) is 11.2. The van der Waals surface area contributed by atoms with E-state index in [0.717, 1.165) is 0 Å². The lowest BCUT2D eigenvalue weighted by Crippen LogP contribution is -2.62. The molecule has 2 nitrogen and oxygen atoms in total. The summed E-state index contributed by atoms with van der Waals surface area (Å²) in [5.74, 6) is 0. The molecule has 0 bridgehead atoms. The van der Waals surface area contributed by atoms with E-state index in [-0.39, 0.29) is 12.3 Å². The van der Waals surface area contributed by atoms with Crippen molar-refractivity contribution in [2.45, 2.75) is 26.2 Å². The quantitative estimate of drug-likeness (QED) is 0.165. The molecule has 12 rings (SSSR count). The minimum absolute atomic E-state index is 0.0334. The highest BCUT2D eigenvalue weighted by atomic mass is 32.1. The van der Waals surface area contributed by atoms with Crippen molar-refractivity contribution in [1.82, 2.24) is 0 Å². The Morgan fingerprint density at radius 1 is 0.537 bits per heavy atom. The minimum atomic E-state index is -0.200. The van der Waals surface area contributed by atoms with E-state index in [1.807, 2.05) is 11.3 Å². The summed E-state index contributed by atoms with van der Waals surface area (Å²) in [6, 6.07) is 59.6. The Bertz CT molecular complexity index is 3070. The van der Waals surface area contributed by atoms with Crippen molar-refractivity contribution in [1.29, 1.82) is 0 Å². The van der Waals surface area contributed by atoms with Gasteiger partial charge < -0.3 is 9.71 Å². The fraction of sp³-hybridized carbons (Fsp3) is 0.0800. The topological polar surface area (TPSA) is 6.48 Å². The van der Waals surface area contributed by atoms with E-state index in [1.54, 1.807) is 0 Å². The standard InChI is InChI=1S/C50H35BN2S/c1-30-25-38-35-24-23-34(31-13-5-4-6-14-31)28-43(35)53(42-21-11-18-37-36-17-9-10-22-46(36)54-49(37)42)51-41-20-12-19-39-48(41)52(45(26-30)47(38)51)44-29-33-16-8-7-15-32(33)27-40(44)50(39,2)3/h4-29H,1-3H3. The van der Waals surface area contributed by atoms with Gasteiger partial charge in [0.25, 0.3) is 0 Å². The molecule has 0 amide bonds. The van der Waals surface area contributed by atoms with Crippen molar-refractivity contribution in [2.24, 2.45) is 0 Å². The van der Waals surface area contributed by atoms with Gasteiger partial charge in [-0.15, -0.1) is 11.3 Å². The van der Waals surface area contributed by atoms with Crippen LogP contribution in [-0.4, -0.2) is 6.85 Å². The molecule has 0 fully saturated rings. The van der Waals surface area contributed by atoms with Crippen molar-refractivity contribution in [3.8, 4) is 22.3 Å². The second kappa shape index (κ2) is 10.7. The summed E-state index contributed by atoms with van der Waals surface area (Å²) in [6.45, 7) is 7.07. The first-order chi connectivity index (χ1) is 26.5. The maximum Gasteiger partial charge on any atom is 0.333 e. The van der Waals surface area contributed by atoms with Crippen LogP contribution in [0.3, 0.4) is 0 Å². The molecule has 0 saturated carbocycles. The summed E-state index contributed by atoms with van der Waals surface area (Å²) >= 11 is 1.92. The number of fused-ring (bicyclic) bond motifs is 10.